The highest BCUT2D eigenvalue weighted by molar-refractivity contribution is 7.47. The van der Waals surface area contributed by atoms with Crippen LogP contribution in [0, 0.1) is 0 Å². The maximum Gasteiger partial charge on any atom is 0.472 e. The Labute approximate surface area is 373 Å². The summed E-state index contributed by atoms with van der Waals surface area (Å²) in [5, 5.41) is 0. The van der Waals surface area contributed by atoms with Gasteiger partial charge in [0.05, 0.1) is 34.4 Å². The van der Waals surface area contributed by atoms with Gasteiger partial charge in [-0.25, -0.2) is 4.57 Å². The highest BCUT2D eigenvalue weighted by Crippen LogP contribution is 2.43. The van der Waals surface area contributed by atoms with Crippen LogP contribution in [-0.4, -0.2) is 75.6 Å². The highest BCUT2D eigenvalue weighted by atomic mass is 31.2. The van der Waals surface area contributed by atoms with E-state index in [1.807, 2.05) is 21.1 Å². The zero-order chi connectivity index (χ0) is 44.1. The van der Waals surface area contributed by atoms with E-state index in [2.05, 4.69) is 38.2 Å². The molecular weight excluding hydrogens is 770 g/mol. The number of hydrogen-bond acceptors (Lipinski definition) is 6. The molecular formula is C51H101NO7P+. The molecule has 8 nitrogen and oxygen atoms in total. The molecule has 0 saturated carbocycles. The fourth-order valence-corrected chi connectivity index (χ4v) is 7.99. The number of rotatable bonds is 48. The van der Waals surface area contributed by atoms with Crippen molar-refractivity contribution in [2.75, 3.05) is 54.1 Å². The van der Waals surface area contributed by atoms with Crippen LogP contribution < -0.4 is 0 Å². The lowest BCUT2D eigenvalue weighted by molar-refractivity contribution is -0.870. The van der Waals surface area contributed by atoms with Crippen LogP contribution in [-0.2, 0) is 27.9 Å². The van der Waals surface area contributed by atoms with Gasteiger partial charge in [-0.1, -0.05) is 192 Å². The monoisotopic (exact) mass is 871 g/mol. The van der Waals surface area contributed by atoms with Crippen molar-refractivity contribution in [2.45, 2.75) is 245 Å². The fourth-order valence-electron chi connectivity index (χ4n) is 7.25. The zero-order valence-electron chi connectivity index (χ0n) is 40.5. The highest BCUT2D eigenvalue weighted by Gasteiger charge is 2.26. The molecule has 1 N–H and O–H groups in total. The Balaban J connectivity index is 4.13. The van der Waals surface area contributed by atoms with Crippen molar-refractivity contribution < 1.29 is 37.3 Å². The number of carbonyl (C=O) groups excluding carboxylic acids is 1. The number of likely N-dealkylation sites (N-methyl/N-ethyl adjacent to an activating group) is 1. The number of nitrogens with zero attached hydrogens (tertiary/aromatic N) is 1. The average molecular weight is 871 g/mol. The molecule has 0 aromatic carbocycles. The molecule has 9 heteroatoms. The summed E-state index contributed by atoms with van der Waals surface area (Å²) in [6, 6.07) is 0. The second-order valence-electron chi connectivity index (χ2n) is 18.5. The topological polar surface area (TPSA) is 91.3 Å². The molecule has 0 amide bonds. The first-order chi connectivity index (χ1) is 29.1. The van der Waals surface area contributed by atoms with E-state index in [0.717, 1.165) is 32.1 Å². The third-order valence-corrected chi connectivity index (χ3v) is 12.2. The summed E-state index contributed by atoms with van der Waals surface area (Å²) < 4.78 is 35.1. The van der Waals surface area contributed by atoms with Gasteiger partial charge in [0.1, 0.15) is 19.3 Å². The van der Waals surface area contributed by atoms with Crippen molar-refractivity contribution in [1.82, 2.24) is 0 Å². The van der Waals surface area contributed by atoms with Gasteiger partial charge in [-0.3, -0.25) is 13.8 Å². The molecule has 0 fully saturated rings. The van der Waals surface area contributed by atoms with Crippen molar-refractivity contribution in [3.63, 3.8) is 0 Å². The summed E-state index contributed by atoms with van der Waals surface area (Å²) in [5.41, 5.74) is 0. The van der Waals surface area contributed by atoms with Crippen molar-refractivity contribution in [3.05, 3.63) is 24.3 Å². The Kier molecular flexibility index (Phi) is 43.8. The van der Waals surface area contributed by atoms with Gasteiger partial charge in [0.2, 0.25) is 0 Å². The average Bonchev–Trinajstić information content (AvgIpc) is 3.20. The van der Waals surface area contributed by atoms with Crippen molar-refractivity contribution >= 4 is 13.8 Å². The molecule has 0 radical (unpaired) electrons. The largest absolute Gasteiger partial charge is 0.472 e. The van der Waals surface area contributed by atoms with Crippen LogP contribution in [0.1, 0.15) is 239 Å². The number of allylic oxidation sites excluding steroid dienone is 4. The van der Waals surface area contributed by atoms with E-state index >= 15 is 0 Å². The van der Waals surface area contributed by atoms with Crippen LogP contribution in [0.4, 0.5) is 0 Å². The van der Waals surface area contributed by atoms with Gasteiger partial charge in [-0.15, -0.1) is 0 Å². The Hall–Kier alpha value is -1.02. The van der Waals surface area contributed by atoms with E-state index < -0.39 is 13.9 Å². The van der Waals surface area contributed by atoms with Crippen molar-refractivity contribution in [2.24, 2.45) is 0 Å². The number of esters is 1. The van der Waals surface area contributed by atoms with Gasteiger partial charge < -0.3 is 18.9 Å². The van der Waals surface area contributed by atoms with Crippen LogP contribution >= 0.6 is 7.82 Å². The molecule has 356 valence electrons. The van der Waals surface area contributed by atoms with Crippen LogP contribution in [0.15, 0.2) is 24.3 Å². The van der Waals surface area contributed by atoms with Gasteiger partial charge in [-0.05, 0) is 64.2 Å². The first-order valence-electron chi connectivity index (χ1n) is 25.6. The second-order valence-corrected chi connectivity index (χ2v) is 20.0. The summed E-state index contributed by atoms with van der Waals surface area (Å²) in [5.74, 6) is -0.315. The minimum absolute atomic E-state index is 0.0892. The minimum Gasteiger partial charge on any atom is -0.457 e. The molecule has 0 spiro atoms. The summed E-state index contributed by atoms with van der Waals surface area (Å²) in [4.78, 5) is 23.0. The predicted molar refractivity (Wildman–Crippen MR) is 257 cm³/mol. The lowest BCUT2D eigenvalue weighted by Gasteiger charge is -2.24. The van der Waals surface area contributed by atoms with E-state index in [0.29, 0.717) is 24.1 Å². The zero-order valence-corrected chi connectivity index (χ0v) is 41.4. The summed E-state index contributed by atoms with van der Waals surface area (Å²) >= 11 is 0. The smallest absolute Gasteiger partial charge is 0.457 e. The summed E-state index contributed by atoms with van der Waals surface area (Å²) in [6.45, 7) is 5.65. The van der Waals surface area contributed by atoms with Crippen LogP contribution in [0.25, 0.3) is 0 Å². The molecule has 0 heterocycles. The maximum atomic E-state index is 12.7. The molecule has 0 aliphatic heterocycles. The Morgan fingerprint density at radius 2 is 0.867 bits per heavy atom. The quantitative estimate of drug-likeness (QED) is 0.0214. The standard InChI is InChI=1S/C51H100NO7P/c1-6-8-10-12-14-16-18-20-22-24-26-27-29-31-33-35-37-39-41-43-46-56-48-50(49-58-60(54,55)57-47-45-52(3,4)5)59-51(53)44-42-40-38-36-34-32-30-28-25-23-21-19-17-15-13-11-9-7-2/h20,22-23,25,50H,6-19,21,24,26-49H2,1-5H3/p+1/b22-20-,25-23-. The molecule has 2 atom stereocenters. The molecule has 0 rings (SSSR count). The molecule has 0 aliphatic rings. The number of quaternary nitrogens is 1. The third kappa shape index (κ3) is 48.0. The molecule has 0 aliphatic carbocycles. The summed E-state index contributed by atoms with van der Waals surface area (Å²) in [6.07, 6.45) is 52.2. The minimum atomic E-state index is -4.28. The summed E-state index contributed by atoms with van der Waals surface area (Å²) in [7, 11) is 1.67. The number of ether oxygens (including phenoxy) is 2. The number of phosphoric ester groups is 1. The van der Waals surface area contributed by atoms with Crippen molar-refractivity contribution in [3.8, 4) is 0 Å². The van der Waals surface area contributed by atoms with Crippen molar-refractivity contribution in [1.29, 1.82) is 0 Å². The fraction of sp³-hybridized carbons (Fsp3) is 0.902. The van der Waals surface area contributed by atoms with E-state index in [1.54, 1.807) is 0 Å². The Morgan fingerprint density at radius 1 is 0.500 bits per heavy atom. The number of carbonyl (C=O) groups is 1. The molecule has 60 heavy (non-hydrogen) atoms. The van der Waals surface area contributed by atoms with Crippen LogP contribution in [0.5, 0.6) is 0 Å². The van der Waals surface area contributed by atoms with E-state index in [1.165, 1.54) is 186 Å². The first kappa shape index (κ1) is 59.0. The third-order valence-electron chi connectivity index (χ3n) is 11.2. The number of unbranched alkanes of at least 4 members (excludes halogenated alkanes) is 30. The van der Waals surface area contributed by atoms with Gasteiger partial charge >= 0.3 is 13.8 Å². The van der Waals surface area contributed by atoms with E-state index in [-0.39, 0.29) is 25.8 Å². The number of hydrogen-bond donors (Lipinski definition) is 1. The van der Waals surface area contributed by atoms with Gasteiger partial charge in [0.25, 0.3) is 0 Å². The van der Waals surface area contributed by atoms with Gasteiger partial charge in [-0.2, -0.15) is 0 Å². The SMILES string of the molecule is CCCCCCCC/C=C\CCCCCCCCCCCCOCC(COP(=O)(O)OCC[N+](C)(C)C)OC(=O)CCCCCCCCC/C=C\CCCCCCCCC. The first-order valence-corrected chi connectivity index (χ1v) is 27.1. The van der Waals surface area contributed by atoms with Crippen LogP contribution in [0.3, 0.4) is 0 Å². The molecule has 0 aromatic rings. The normalized spacial score (nSPS) is 13.8. The molecule has 0 bridgehead atoms. The predicted octanol–water partition coefficient (Wildman–Crippen LogP) is 15.6. The van der Waals surface area contributed by atoms with E-state index in [4.69, 9.17) is 18.5 Å². The Bertz CT molecular complexity index is 1010. The lowest BCUT2D eigenvalue weighted by atomic mass is 10.1. The lowest BCUT2D eigenvalue weighted by Crippen LogP contribution is -2.37. The van der Waals surface area contributed by atoms with E-state index in [9.17, 15) is 14.3 Å². The van der Waals surface area contributed by atoms with Gasteiger partial charge in [0.15, 0.2) is 0 Å². The Morgan fingerprint density at radius 3 is 1.27 bits per heavy atom. The maximum absolute atomic E-state index is 12.7. The molecule has 0 aromatic heterocycles. The molecule has 0 saturated heterocycles. The molecule has 2 unspecified atom stereocenters. The number of phosphoric acid groups is 1. The second kappa shape index (κ2) is 44.6. The van der Waals surface area contributed by atoms with Gasteiger partial charge in [0, 0.05) is 13.0 Å². The van der Waals surface area contributed by atoms with Crippen LogP contribution in [0.2, 0.25) is 0 Å².